The van der Waals surface area contributed by atoms with Gasteiger partial charge in [-0.05, 0) is 130 Å². The van der Waals surface area contributed by atoms with E-state index in [1.165, 1.54) is 0 Å². The summed E-state index contributed by atoms with van der Waals surface area (Å²) in [6, 6.07) is 13.5. The third kappa shape index (κ3) is 7.06. The van der Waals surface area contributed by atoms with Gasteiger partial charge in [-0.1, -0.05) is 0 Å². The Kier molecular flexibility index (Phi) is 8.68. The molecular formula is C32H44N6O4. The Morgan fingerprint density at radius 1 is 0.571 bits per heavy atom. The molecule has 2 saturated heterocycles. The predicted octanol–water partition coefficient (Wildman–Crippen LogP) is 6.30. The number of nitrogens with zero attached hydrogens (tertiary/aromatic N) is 4. The maximum Gasteiger partial charge on any atom is 0.251 e. The van der Waals surface area contributed by atoms with Crippen LogP contribution in [0.4, 0.5) is 11.4 Å². The largest absolute Gasteiger partial charge is 0.349 e. The Morgan fingerprint density at radius 2 is 0.833 bits per heavy atom. The van der Waals surface area contributed by atoms with Crippen LogP contribution in [0.1, 0.15) is 102 Å². The molecule has 2 aromatic carbocycles. The zero-order valence-electron chi connectivity index (χ0n) is 26.0. The highest BCUT2D eigenvalue weighted by Crippen LogP contribution is 2.38. The Bertz CT molecular complexity index is 1180. The van der Waals surface area contributed by atoms with Crippen molar-refractivity contribution in [2.75, 3.05) is 0 Å². The molecule has 2 heterocycles. The van der Waals surface area contributed by atoms with Crippen LogP contribution in [0.5, 0.6) is 0 Å². The number of piperidine rings is 2. The molecule has 2 aliphatic rings. The number of hydrogen-bond acceptors (Lipinski definition) is 6. The Morgan fingerprint density at radius 3 is 1.10 bits per heavy atom. The molecule has 0 bridgehead atoms. The maximum atomic E-state index is 12.9. The second-order valence-corrected chi connectivity index (χ2v) is 14.3. The van der Waals surface area contributed by atoms with E-state index in [0.29, 0.717) is 48.2 Å². The molecule has 42 heavy (non-hydrogen) atoms. The van der Waals surface area contributed by atoms with Gasteiger partial charge < -0.3 is 10.6 Å². The van der Waals surface area contributed by atoms with E-state index in [4.69, 9.17) is 0 Å². The fourth-order valence-electron chi connectivity index (χ4n) is 6.74. The summed E-state index contributed by atoms with van der Waals surface area (Å²) in [4.78, 5) is 25.8. The van der Waals surface area contributed by atoms with Crippen molar-refractivity contribution in [2.24, 2.45) is 10.2 Å². The lowest BCUT2D eigenvalue weighted by Crippen LogP contribution is -2.62. The van der Waals surface area contributed by atoms with E-state index >= 15 is 0 Å². The van der Waals surface area contributed by atoms with E-state index in [1.807, 2.05) is 55.4 Å². The molecule has 0 unspecified atom stereocenters. The zero-order chi connectivity index (χ0) is 31.1. The highest BCUT2D eigenvalue weighted by atomic mass is 16.5. The van der Waals surface area contributed by atoms with Gasteiger partial charge in [-0.3, -0.25) is 9.59 Å². The smallest absolute Gasteiger partial charge is 0.251 e. The minimum Gasteiger partial charge on any atom is -0.349 e. The molecule has 0 atom stereocenters. The van der Waals surface area contributed by atoms with Gasteiger partial charge in [0.05, 0.1) is 11.4 Å². The van der Waals surface area contributed by atoms with Crippen LogP contribution in [-0.2, 0) is 10.4 Å². The molecule has 0 aliphatic carbocycles. The number of carbonyl (C=O) groups is 2. The molecule has 10 nitrogen and oxygen atoms in total. The SMILES string of the molecule is CC1(C)CC(NC(=O)c2ccc(N=Nc3ccc(C(=O)NC4CC(C)(C)N([O])C(C)(C)C4)cc3)cc2)CC(C)(C)N1[O]. The topological polar surface area (TPSA) is 129 Å². The summed E-state index contributed by atoms with van der Waals surface area (Å²) in [7, 11) is 0. The van der Waals surface area contributed by atoms with Crippen molar-refractivity contribution in [3.63, 3.8) is 0 Å². The molecule has 0 saturated carbocycles. The van der Waals surface area contributed by atoms with Gasteiger partial charge in [0.1, 0.15) is 0 Å². The van der Waals surface area contributed by atoms with E-state index in [-0.39, 0.29) is 23.9 Å². The number of nitrogens with one attached hydrogen (secondary N) is 2. The molecule has 226 valence electrons. The first kappa shape index (κ1) is 31.7. The van der Waals surface area contributed by atoms with Crippen LogP contribution in [0, 0.1) is 0 Å². The molecule has 0 spiro atoms. The lowest BCUT2D eigenvalue weighted by Gasteiger charge is -2.50. The molecule has 4 rings (SSSR count). The van der Waals surface area contributed by atoms with E-state index in [1.54, 1.807) is 48.5 Å². The van der Waals surface area contributed by atoms with Crippen molar-refractivity contribution in [3.8, 4) is 0 Å². The minimum atomic E-state index is -0.559. The van der Waals surface area contributed by atoms with Gasteiger partial charge in [-0.25, -0.2) is 0 Å². The quantitative estimate of drug-likeness (QED) is 0.391. The van der Waals surface area contributed by atoms with Crippen LogP contribution in [-0.4, -0.2) is 56.2 Å². The van der Waals surface area contributed by atoms with Crippen LogP contribution in [0.25, 0.3) is 0 Å². The van der Waals surface area contributed by atoms with Gasteiger partial charge >= 0.3 is 0 Å². The Labute approximate surface area is 249 Å². The second-order valence-electron chi connectivity index (χ2n) is 14.3. The summed E-state index contributed by atoms with van der Waals surface area (Å²) in [5.41, 5.74) is -0.0367. The van der Waals surface area contributed by atoms with Crippen LogP contribution in [0.2, 0.25) is 0 Å². The first-order valence-electron chi connectivity index (χ1n) is 14.6. The van der Waals surface area contributed by atoms with Gasteiger partial charge in [0.15, 0.2) is 0 Å². The van der Waals surface area contributed by atoms with Crippen molar-refractivity contribution < 1.29 is 20.0 Å². The molecule has 0 aromatic heterocycles. The van der Waals surface area contributed by atoms with E-state index in [0.717, 1.165) is 10.1 Å². The first-order chi connectivity index (χ1) is 19.4. The standard InChI is InChI=1S/C32H44N6O4/c1-29(2)17-25(18-30(3,4)37(29)41)33-27(39)21-9-13-23(14-10-21)35-36-24-15-11-22(12-16-24)28(40)34-26-19-31(5,6)38(42)32(7,8)20-26/h9-16,25-26H,17-20H2,1-8H3,(H,33,39)(H,34,40). The Hall–Kier alpha value is -3.18. The van der Waals surface area contributed by atoms with Crippen molar-refractivity contribution in [3.05, 3.63) is 59.7 Å². The second kappa shape index (κ2) is 11.5. The van der Waals surface area contributed by atoms with Crippen molar-refractivity contribution in [1.82, 2.24) is 20.8 Å². The normalized spacial score (nSPS) is 22.6. The van der Waals surface area contributed by atoms with Gasteiger partial charge in [-0.15, -0.1) is 20.5 Å². The molecule has 2 N–H and O–H groups in total. The molecule has 2 fully saturated rings. The number of amides is 2. The van der Waals surface area contributed by atoms with Crippen molar-refractivity contribution in [2.45, 2.75) is 115 Å². The lowest BCUT2D eigenvalue weighted by atomic mass is 9.79. The average Bonchev–Trinajstić information content (AvgIpc) is 2.89. The van der Waals surface area contributed by atoms with Crippen molar-refractivity contribution >= 4 is 23.2 Å². The summed E-state index contributed by atoms with van der Waals surface area (Å²) in [6.45, 7) is 15.3. The number of carbonyl (C=O) groups excluding carboxylic acids is 2. The number of benzene rings is 2. The van der Waals surface area contributed by atoms with Gasteiger partial charge in [0.2, 0.25) is 0 Å². The van der Waals surface area contributed by atoms with Gasteiger partial charge in [0, 0.05) is 45.4 Å². The van der Waals surface area contributed by atoms with E-state index < -0.39 is 22.2 Å². The summed E-state index contributed by atoms with van der Waals surface area (Å²) < 4.78 is 0. The third-order valence-electron chi connectivity index (χ3n) is 8.39. The first-order valence-corrected chi connectivity index (χ1v) is 14.6. The monoisotopic (exact) mass is 576 g/mol. The number of hydrogen-bond donors (Lipinski definition) is 2. The van der Waals surface area contributed by atoms with Crippen LogP contribution < -0.4 is 10.6 Å². The van der Waals surface area contributed by atoms with E-state index in [2.05, 4.69) is 20.9 Å². The molecule has 2 radical (unpaired) electrons. The lowest BCUT2D eigenvalue weighted by molar-refractivity contribution is -0.289. The number of hydroxylamine groups is 4. The van der Waals surface area contributed by atoms with Crippen LogP contribution >= 0.6 is 0 Å². The molecule has 2 aromatic rings. The summed E-state index contributed by atoms with van der Waals surface area (Å²) in [6.07, 6.45) is 2.32. The predicted molar refractivity (Wildman–Crippen MR) is 159 cm³/mol. The van der Waals surface area contributed by atoms with E-state index in [9.17, 15) is 20.0 Å². The summed E-state index contributed by atoms with van der Waals surface area (Å²) in [5, 5.41) is 42.2. The highest BCUT2D eigenvalue weighted by Gasteiger charge is 2.47. The Balaban J connectivity index is 1.32. The number of rotatable bonds is 6. The average molecular weight is 577 g/mol. The summed E-state index contributed by atoms with van der Waals surface area (Å²) in [5.74, 6) is -0.372. The fraction of sp³-hybridized carbons (Fsp3) is 0.562. The highest BCUT2D eigenvalue weighted by molar-refractivity contribution is 5.95. The van der Waals surface area contributed by atoms with Gasteiger partial charge in [-0.2, -0.15) is 10.2 Å². The summed E-state index contributed by atoms with van der Waals surface area (Å²) >= 11 is 0. The van der Waals surface area contributed by atoms with Gasteiger partial charge in [0.25, 0.3) is 11.8 Å². The number of azo groups is 1. The van der Waals surface area contributed by atoms with Crippen LogP contribution in [0.15, 0.2) is 58.8 Å². The molecule has 2 amide bonds. The van der Waals surface area contributed by atoms with Crippen molar-refractivity contribution in [1.29, 1.82) is 0 Å². The maximum absolute atomic E-state index is 12.9. The third-order valence-corrected chi connectivity index (χ3v) is 8.39. The molecule has 10 heteroatoms. The molecular weight excluding hydrogens is 532 g/mol. The fourth-order valence-corrected chi connectivity index (χ4v) is 6.74. The molecule has 2 aliphatic heterocycles. The van der Waals surface area contributed by atoms with Crippen LogP contribution in [0.3, 0.4) is 0 Å². The zero-order valence-corrected chi connectivity index (χ0v) is 26.0. The minimum absolute atomic E-state index is 0.0957.